The highest BCUT2D eigenvalue weighted by Crippen LogP contribution is 2.35. The molecule has 0 atom stereocenters. The van der Waals surface area contributed by atoms with Crippen molar-refractivity contribution in [1.82, 2.24) is 0 Å². The van der Waals surface area contributed by atoms with Crippen LogP contribution in [0.25, 0.3) is 0 Å². The molecule has 0 fully saturated rings. The number of rotatable bonds is 6. The van der Waals surface area contributed by atoms with Crippen molar-refractivity contribution in [2.45, 2.75) is 22.6 Å². The molecule has 0 aliphatic rings. The van der Waals surface area contributed by atoms with E-state index in [0.29, 0.717) is 18.5 Å². The van der Waals surface area contributed by atoms with E-state index in [1.807, 2.05) is 0 Å². The minimum atomic E-state index is -3.73. The fraction of sp³-hybridized carbons (Fsp3) is 0.111. The lowest BCUT2D eigenvalue weighted by molar-refractivity contribution is 0.596. The molecule has 0 bridgehead atoms. The van der Waals surface area contributed by atoms with Crippen LogP contribution in [0, 0.1) is 0 Å². The van der Waals surface area contributed by atoms with Crippen LogP contribution in [0.3, 0.4) is 0 Å². The maximum absolute atomic E-state index is 12.9. The van der Waals surface area contributed by atoms with Crippen LogP contribution < -0.4 is 11.5 Å². The molecule has 0 saturated heterocycles. The van der Waals surface area contributed by atoms with Gasteiger partial charge in [-0.15, -0.1) is 13.2 Å². The minimum absolute atomic E-state index is 0.0332. The molecule has 120 valence electrons. The van der Waals surface area contributed by atoms with Gasteiger partial charge < -0.3 is 11.5 Å². The highest BCUT2D eigenvalue weighted by Gasteiger charge is 2.24. The molecule has 0 aliphatic carbocycles. The molecular formula is C18H20N2O2S. The van der Waals surface area contributed by atoms with E-state index in [-0.39, 0.29) is 15.5 Å². The minimum Gasteiger partial charge on any atom is -0.397 e. The Labute approximate surface area is 137 Å². The van der Waals surface area contributed by atoms with Gasteiger partial charge in [-0.2, -0.15) is 0 Å². The largest absolute Gasteiger partial charge is 0.397 e. The molecule has 2 rings (SSSR count). The van der Waals surface area contributed by atoms with Gasteiger partial charge in [0.1, 0.15) is 0 Å². The van der Waals surface area contributed by atoms with E-state index in [9.17, 15) is 8.42 Å². The van der Waals surface area contributed by atoms with E-state index in [1.165, 1.54) is 12.1 Å². The number of benzene rings is 2. The van der Waals surface area contributed by atoms with Crippen molar-refractivity contribution in [2.24, 2.45) is 0 Å². The van der Waals surface area contributed by atoms with Crippen molar-refractivity contribution in [3.05, 3.63) is 72.8 Å². The first kappa shape index (κ1) is 16.8. The van der Waals surface area contributed by atoms with Gasteiger partial charge in [-0.05, 0) is 42.2 Å². The molecule has 2 aromatic carbocycles. The highest BCUT2D eigenvalue weighted by atomic mass is 32.2. The average Bonchev–Trinajstić information content (AvgIpc) is 2.55. The number of hydrogen-bond donors (Lipinski definition) is 2. The molecule has 4 nitrogen and oxygen atoms in total. The van der Waals surface area contributed by atoms with Gasteiger partial charge in [0, 0.05) is 0 Å². The lowest BCUT2D eigenvalue weighted by Crippen LogP contribution is -2.11. The second-order valence-electron chi connectivity index (χ2n) is 5.14. The normalized spacial score (nSPS) is 11.1. The first-order valence-corrected chi connectivity index (χ1v) is 8.63. The van der Waals surface area contributed by atoms with Crippen LogP contribution >= 0.6 is 0 Å². The third kappa shape index (κ3) is 3.14. The summed E-state index contributed by atoms with van der Waals surface area (Å²) in [5.41, 5.74) is 14.1. The predicted octanol–water partition coefficient (Wildman–Crippen LogP) is 3.14. The van der Waals surface area contributed by atoms with Gasteiger partial charge in [0.2, 0.25) is 9.84 Å². The van der Waals surface area contributed by atoms with Gasteiger partial charge in [-0.25, -0.2) is 8.42 Å². The van der Waals surface area contributed by atoms with Crippen LogP contribution in [-0.2, 0) is 22.7 Å². The standard InChI is InChI=1S/C18H20N2O2S/c1-3-8-13-12-16(18(20)17(19)15(13)9-4-2)23(21,22)14-10-6-5-7-11-14/h3-7,10-12H,1-2,8-9,19-20H2. The van der Waals surface area contributed by atoms with E-state index < -0.39 is 9.84 Å². The lowest BCUT2D eigenvalue weighted by Gasteiger charge is -2.17. The summed E-state index contributed by atoms with van der Waals surface area (Å²) in [6.45, 7) is 7.42. The summed E-state index contributed by atoms with van der Waals surface area (Å²) in [4.78, 5) is 0.220. The summed E-state index contributed by atoms with van der Waals surface area (Å²) < 4.78 is 25.7. The van der Waals surface area contributed by atoms with Gasteiger partial charge in [-0.3, -0.25) is 0 Å². The third-order valence-corrected chi connectivity index (χ3v) is 5.44. The number of nitrogen functional groups attached to an aromatic ring is 2. The summed E-state index contributed by atoms with van der Waals surface area (Å²) in [6.07, 6.45) is 4.44. The van der Waals surface area contributed by atoms with E-state index >= 15 is 0 Å². The first-order chi connectivity index (χ1) is 10.9. The Bertz CT molecular complexity index is 841. The average molecular weight is 328 g/mol. The van der Waals surface area contributed by atoms with Crippen LogP contribution in [0.2, 0.25) is 0 Å². The molecule has 0 spiro atoms. The Kier molecular flexibility index (Phi) is 4.91. The van der Waals surface area contributed by atoms with E-state index in [1.54, 1.807) is 36.4 Å². The number of allylic oxidation sites excluding steroid dienone is 2. The van der Waals surface area contributed by atoms with Crippen molar-refractivity contribution in [3.8, 4) is 0 Å². The first-order valence-electron chi connectivity index (χ1n) is 7.15. The maximum Gasteiger partial charge on any atom is 0.208 e. The number of hydrogen-bond acceptors (Lipinski definition) is 4. The van der Waals surface area contributed by atoms with Crippen molar-refractivity contribution in [2.75, 3.05) is 11.5 Å². The Hall–Kier alpha value is -2.53. The third-order valence-electron chi connectivity index (χ3n) is 3.63. The summed E-state index contributed by atoms with van der Waals surface area (Å²) in [6, 6.07) is 9.76. The monoisotopic (exact) mass is 328 g/mol. The summed E-state index contributed by atoms with van der Waals surface area (Å²) in [5.74, 6) is 0. The van der Waals surface area contributed by atoms with Crippen molar-refractivity contribution in [3.63, 3.8) is 0 Å². The molecule has 23 heavy (non-hydrogen) atoms. The quantitative estimate of drug-likeness (QED) is 0.630. The van der Waals surface area contributed by atoms with Gasteiger partial charge in [-0.1, -0.05) is 30.4 Å². The maximum atomic E-state index is 12.9. The Morgan fingerprint density at radius 1 is 0.957 bits per heavy atom. The predicted molar refractivity (Wildman–Crippen MR) is 95.0 cm³/mol. The van der Waals surface area contributed by atoms with Gasteiger partial charge in [0.15, 0.2) is 0 Å². The number of sulfone groups is 1. The SMILES string of the molecule is C=CCc1cc(S(=O)(=O)c2ccccc2)c(N)c(N)c1CC=C. The summed E-state index contributed by atoms with van der Waals surface area (Å²) in [5, 5.41) is 0. The van der Waals surface area contributed by atoms with E-state index in [2.05, 4.69) is 13.2 Å². The lowest BCUT2D eigenvalue weighted by atomic mass is 9.98. The second-order valence-corrected chi connectivity index (χ2v) is 7.06. The van der Waals surface area contributed by atoms with Gasteiger partial charge >= 0.3 is 0 Å². The van der Waals surface area contributed by atoms with Gasteiger partial charge in [0.05, 0.1) is 21.2 Å². The van der Waals surface area contributed by atoms with Crippen molar-refractivity contribution >= 4 is 21.2 Å². The number of anilines is 2. The molecule has 4 N–H and O–H groups in total. The second kappa shape index (κ2) is 6.71. The molecule has 2 aromatic rings. The van der Waals surface area contributed by atoms with Crippen LogP contribution in [0.1, 0.15) is 11.1 Å². The topological polar surface area (TPSA) is 86.2 Å². The van der Waals surface area contributed by atoms with Crippen LogP contribution in [-0.4, -0.2) is 8.42 Å². The Morgan fingerprint density at radius 3 is 2.13 bits per heavy atom. The van der Waals surface area contributed by atoms with Crippen molar-refractivity contribution < 1.29 is 8.42 Å². The summed E-state index contributed by atoms with van der Waals surface area (Å²) >= 11 is 0. The molecular weight excluding hydrogens is 308 g/mol. The van der Waals surface area contributed by atoms with Crippen LogP contribution in [0.5, 0.6) is 0 Å². The molecule has 0 heterocycles. The van der Waals surface area contributed by atoms with E-state index in [0.717, 1.165) is 11.1 Å². The molecule has 0 amide bonds. The number of nitrogens with two attached hydrogens (primary N) is 2. The fourth-order valence-electron chi connectivity index (χ4n) is 2.46. The molecule has 0 unspecified atom stereocenters. The molecule has 0 radical (unpaired) electrons. The molecule has 0 aromatic heterocycles. The Balaban J connectivity index is 2.73. The zero-order chi connectivity index (χ0) is 17.0. The van der Waals surface area contributed by atoms with Crippen LogP contribution in [0.15, 0.2) is 71.5 Å². The smallest absolute Gasteiger partial charge is 0.208 e. The zero-order valence-corrected chi connectivity index (χ0v) is 13.6. The molecule has 0 aliphatic heterocycles. The van der Waals surface area contributed by atoms with Gasteiger partial charge in [0.25, 0.3) is 0 Å². The Morgan fingerprint density at radius 2 is 1.57 bits per heavy atom. The molecule has 0 saturated carbocycles. The van der Waals surface area contributed by atoms with Crippen molar-refractivity contribution in [1.29, 1.82) is 0 Å². The zero-order valence-electron chi connectivity index (χ0n) is 12.8. The fourth-order valence-corrected chi connectivity index (χ4v) is 3.93. The van der Waals surface area contributed by atoms with E-state index in [4.69, 9.17) is 11.5 Å². The highest BCUT2D eigenvalue weighted by molar-refractivity contribution is 7.91. The van der Waals surface area contributed by atoms with Crippen LogP contribution in [0.4, 0.5) is 11.4 Å². The summed E-state index contributed by atoms with van der Waals surface area (Å²) in [7, 11) is -3.73. The molecule has 5 heteroatoms.